The molecule has 0 fully saturated rings. The second kappa shape index (κ2) is 6.00. The van der Waals surface area contributed by atoms with Gasteiger partial charge in [-0.15, -0.1) is 0 Å². The summed E-state index contributed by atoms with van der Waals surface area (Å²) in [5, 5.41) is 3.47. The highest BCUT2D eigenvalue weighted by molar-refractivity contribution is 6.06. The highest BCUT2D eigenvalue weighted by atomic mass is 16.2. The highest BCUT2D eigenvalue weighted by Crippen LogP contribution is 2.18. The number of aryl methyl sites for hydroxylation is 4. The van der Waals surface area contributed by atoms with Crippen LogP contribution in [0.3, 0.4) is 0 Å². The van der Waals surface area contributed by atoms with Crippen LogP contribution >= 0.6 is 0 Å². The van der Waals surface area contributed by atoms with Gasteiger partial charge in [0.05, 0.1) is 10.9 Å². The van der Waals surface area contributed by atoms with E-state index < -0.39 is 0 Å². The monoisotopic (exact) mass is 323 g/mol. The molecule has 1 aromatic carbocycles. The number of anilines is 1. The van der Waals surface area contributed by atoms with Gasteiger partial charge in [-0.2, -0.15) is 0 Å². The third-order valence-electron chi connectivity index (χ3n) is 4.52. The Bertz CT molecular complexity index is 996. The predicted octanol–water partition coefficient (Wildman–Crippen LogP) is 3.23. The van der Waals surface area contributed by atoms with E-state index in [1.54, 1.807) is 28.4 Å². The average molecular weight is 323 g/mol. The second-order valence-corrected chi connectivity index (χ2v) is 6.05. The normalized spacial score (nSPS) is 11.0. The lowest BCUT2D eigenvalue weighted by Crippen LogP contribution is -2.17. The summed E-state index contributed by atoms with van der Waals surface area (Å²) in [5.74, 6) is -0.223. The highest BCUT2D eigenvalue weighted by Gasteiger charge is 2.16. The third kappa shape index (κ3) is 2.62. The van der Waals surface area contributed by atoms with Crippen LogP contribution in [-0.4, -0.2) is 15.0 Å². The molecule has 3 rings (SSSR count). The van der Waals surface area contributed by atoms with E-state index in [9.17, 15) is 9.59 Å². The Morgan fingerprint density at radius 3 is 2.54 bits per heavy atom. The molecular weight excluding hydrogens is 302 g/mol. The van der Waals surface area contributed by atoms with Crippen LogP contribution < -0.4 is 10.9 Å². The fourth-order valence-corrected chi connectivity index (χ4v) is 2.85. The molecule has 0 aliphatic heterocycles. The number of benzene rings is 1. The van der Waals surface area contributed by atoms with Gasteiger partial charge in [-0.3, -0.25) is 9.59 Å². The largest absolute Gasteiger partial charge is 0.339 e. The van der Waals surface area contributed by atoms with Crippen LogP contribution in [0, 0.1) is 13.8 Å². The first-order valence-electron chi connectivity index (χ1n) is 8.00. The van der Waals surface area contributed by atoms with Crippen molar-refractivity contribution in [1.29, 1.82) is 0 Å². The summed E-state index contributed by atoms with van der Waals surface area (Å²) in [5.41, 5.74) is 4.20. The summed E-state index contributed by atoms with van der Waals surface area (Å²) in [4.78, 5) is 25.0. The number of nitrogens with one attached hydrogen (secondary N) is 1. The van der Waals surface area contributed by atoms with Gasteiger partial charge in [-0.1, -0.05) is 6.07 Å². The van der Waals surface area contributed by atoms with Crippen LogP contribution in [0.4, 0.5) is 5.69 Å². The number of hydrogen-bond donors (Lipinski definition) is 1. The zero-order chi connectivity index (χ0) is 17.4. The van der Waals surface area contributed by atoms with Crippen molar-refractivity contribution in [3.63, 3.8) is 0 Å². The molecule has 0 saturated heterocycles. The SMILES string of the molecule is CCn1ccc2c(cc(C(=O)Nc3ccc(C)c(C)c3)n2C)c1=O. The maximum atomic E-state index is 12.6. The van der Waals surface area contributed by atoms with Gasteiger partial charge in [-0.05, 0) is 56.2 Å². The fraction of sp³-hybridized carbons (Fsp3) is 0.263. The van der Waals surface area contributed by atoms with E-state index in [0.717, 1.165) is 16.8 Å². The van der Waals surface area contributed by atoms with E-state index in [-0.39, 0.29) is 11.5 Å². The molecule has 0 saturated carbocycles. The molecule has 0 spiro atoms. The van der Waals surface area contributed by atoms with Crippen molar-refractivity contribution >= 4 is 22.5 Å². The number of hydrogen-bond acceptors (Lipinski definition) is 2. The van der Waals surface area contributed by atoms with Crippen LogP contribution in [-0.2, 0) is 13.6 Å². The zero-order valence-corrected chi connectivity index (χ0v) is 14.4. The molecule has 2 aromatic heterocycles. The number of carbonyl (C=O) groups excluding carboxylic acids is 1. The van der Waals surface area contributed by atoms with Crippen molar-refractivity contribution in [1.82, 2.24) is 9.13 Å². The van der Waals surface area contributed by atoms with Crippen LogP contribution in [0.1, 0.15) is 28.5 Å². The Labute approximate surface area is 140 Å². The number of fused-ring (bicyclic) bond motifs is 1. The first-order chi connectivity index (χ1) is 11.4. The Kier molecular flexibility index (Phi) is 4.01. The van der Waals surface area contributed by atoms with E-state index in [2.05, 4.69) is 5.32 Å². The van der Waals surface area contributed by atoms with E-state index in [0.29, 0.717) is 17.6 Å². The number of rotatable bonds is 3. The van der Waals surface area contributed by atoms with Crippen LogP contribution in [0.2, 0.25) is 0 Å². The van der Waals surface area contributed by atoms with Crippen molar-refractivity contribution in [3.05, 3.63) is 63.7 Å². The van der Waals surface area contributed by atoms with Crippen molar-refractivity contribution in [2.75, 3.05) is 5.32 Å². The Morgan fingerprint density at radius 1 is 1.12 bits per heavy atom. The predicted molar refractivity (Wildman–Crippen MR) is 96.7 cm³/mol. The Hall–Kier alpha value is -2.82. The van der Waals surface area contributed by atoms with Crippen LogP contribution in [0.5, 0.6) is 0 Å². The topological polar surface area (TPSA) is 56.0 Å². The molecule has 3 aromatic rings. The van der Waals surface area contributed by atoms with E-state index >= 15 is 0 Å². The molecule has 24 heavy (non-hydrogen) atoms. The molecule has 2 heterocycles. The third-order valence-corrected chi connectivity index (χ3v) is 4.52. The zero-order valence-electron chi connectivity index (χ0n) is 14.4. The summed E-state index contributed by atoms with van der Waals surface area (Å²) >= 11 is 0. The van der Waals surface area contributed by atoms with Gasteiger partial charge in [0, 0.05) is 25.5 Å². The van der Waals surface area contributed by atoms with Crippen molar-refractivity contribution in [2.24, 2.45) is 7.05 Å². The number of pyridine rings is 1. The first-order valence-corrected chi connectivity index (χ1v) is 8.00. The average Bonchev–Trinajstić information content (AvgIpc) is 2.89. The van der Waals surface area contributed by atoms with Crippen molar-refractivity contribution < 1.29 is 4.79 Å². The molecule has 0 bridgehead atoms. The lowest BCUT2D eigenvalue weighted by Gasteiger charge is -2.08. The number of carbonyl (C=O) groups is 1. The van der Waals surface area contributed by atoms with Gasteiger partial charge < -0.3 is 14.5 Å². The molecule has 5 nitrogen and oxygen atoms in total. The summed E-state index contributed by atoms with van der Waals surface area (Å²) in [6, 6.07) is 9.34. The Balaban J connectivity index is 2.00. The van der Waals surface area contributed by atoms with E-state index in [1.807, 2.05) is 45.0 Å². The summed E-state index contributed by atoms with van der Waals surface area (Å²) < 4.78 is 3.39. The molecule has 1 N–H and O–H groups in total. The van der Waals surface area contributed by atoms with Crippen LogP contribution in [0.15, 0.2) is 41.3 Å². The smallest absolute Gasteiger partial charge is 0.272 e. The minimum atomic E-state index is -0.223. The van der Waals surface area contributed by atoms with Crippen LogP contribution in [0.25, 0.3) is 10.9 Å². The minimum absolute atomic E-state index is 0.0733. The maximum absolute atomic E-state index is 12.6. The molecular formula is C19H21N3O2. The van der Waals surface area contributed by atoms with Gasteiger partial charge in [-0.25, -0.2) is 0 Å². The van der Waals surface area contributed by atoms with Gasteiger partial charge in [0.1, 0.15) is 5.69 Å². The standard InChI is InChI=1S/C19H21N3O2/c1-5-22-9-8-16-15(19(22)24)11-17(21(16)4)18(23)20-14-7-6-12(2)13(3)10-14/h6-11H,5H2,1-4H3,(H,20,23). The molecule has 0 atom stereocenters. The summed E-state index contributed by atoms with van der Waals surface area (Å²) in [6.45, 7) is 6.57. The lowest BCUT2D eigenvalue weighted by atomic mass is 10.1. The Morgan fingerprint density at radius 2 is 1.88 bits per heavy atom. The molecule has 0 aliphatic rings. The van der Waals surface area contributed by atoms with Gasteiger partial charge >= 0.3 is 0 Å². The molecule has 0 aliphatic carbocycles. The molecule has 5 heteroatoms. The number of amides is 1. The summed E-state index contributed by atoms with van der Waals surface area (Å²) in [6.07, 6.45) is 1.76. The second-order valence-electron chi connectivity index (χ2n) is 6.05. The lowest BCUT2D eigenvalue weighted by molar-refractivity contribution is 0.102. The maximum Gasteiger partial charge on any atom is 0.272 e. The number of nitrogens with zero attached hydrogens (tertiary/aromatic N) is 2. The van der Waals surface area contributed by atoms with Gasteiger partial charge in [0.15, 0.2) is 0 Å². The van der Waals surface area contributed by atoms with Gasteiger partial charge in [0.25, 0.3) is 11.5 Å². The minimum Gasteiger partial charge on any atom is -0.339 e. The summed E-state index contributed by atoms with van der Waals surface area (Å²) in [7, 11) is 1.80. The molecule has 0 radical (unpaired) electrons. The van der Waals surface area contributed by atoms with E-state index in [4.69, 9.17) is 0 Å². The first kappa shape index (κ1) is 16.1. The van der Waals surface area contributed by atoms with Gasteiger partial charge in [0.2, 0.25) is 0 Å². The van der Waals surface area contributed by atoms with Crippen molar-refractivity contribution in [3.8, 4) is 0 Å². The van der Waals surface area contributed by atoms with E-state index in [1.165, 1.54) is 5.56 Å². The molecule has 0 unspecified atom stereocenters. The quantitative estimate of drug-likeness (QED) is 0.804. The van der Waals surface area contributed by atoms with Crippen molar-refractivity contribution in [2.45, 2.75) is 27.3 Å². The molecule has 124 valence electrons. The molecule has 1 amide bonds. The number of aromatic nitrogens is 2. The fourth-order valence-electron chi connectivity index (χ4n) is 2.85.